The SMILES string of the molecule is CC[Si](C)(C)C1(C)C2=[C](CC=C2)[Zr+2][C]2=C1C(O[Si](C)(C)C)=CC2.[Cl-].[Cl-]. The third kappa shape index (κ3) is 3.94. The normalized spacial score (nSPS) is 24.5. The monoisotopic (exact) mass is 490 g/mol. The molecule has 0 spiro atoms. The van der Waals surface area contributed by atoms with Crippen LogP contribution in [0.5, 0.6) is 0 Å². The fourth-order valence-corrected chi connectivity index (χ4v) is 12.5. The van der Waals surface area contributed by atoms with Crippen molar-refractivity contribution in [3.8, 4) is 0 Å². The van der Waals surface area contributed by atoms with Crippen LogP contribution in [0.4, 0.5) is 0 Å². The molecule has 1 atom stereocenters. The molecule has 0 aromatic rings. The maximum Gasteiger partial charge on any atom is -1.00 e. The van der Waals surface area contributed by atoms with Crippen LogP contribution < -0.4 is 24.8 Å². The molecular formula is C19H30Cl2OSi2Zr. The quantitative estimate of drug-likeness (QED) is 0.509. The van der Waals surface area contributed by atoms with Crippen molar-refractivity contribution in [1.82, 2.24) is 0 Å². The van der Waals surface area contributed by atoms with E-state index in [-0.39, 0.29) is 29.9 Å². The third-order valence-electron chi connectivity index (χ3n) is 5.97. The molecule has 0 aromatic carbocycles. The molecule has 1 unspecified atom stereocenters. The first kappa shape index (κ1) is 23.7. The molecule has 0 fully saturated rings. The van der Waals surface area contributed by atoms with Gasteiger partial charge < -0.3 is 24.8 Å². The molecule has 1 aliphatic heterocycles. The van der Waals surface area contributed by atoms with E-state index in [1.54, 1.807) is 11.1 Å². The molecule has 3 aliphatic rings. The molecule has 1 heterocycles. The van der Waals surface area contributed by atoms with Crippen molar-refractivity contribution in [2.24, 2.45) is 0 Å². The molecule has 25 heavy (non-hydrogen) atoms. The summed E-state index contributed by atoms with van der Waals surface area (Å²) in [6.07, 6.45) is 9.76. The molecule has 0 bridgehead atoms. The van der Waals surface area contributed by atoms with Gasteiger partial charge in [-0.05, 0) is 0 Å². The molecule has 0 saturated carbocycles. The van der Waals surface area contributed by atoms with Gasteiger partial charge in [0, 0.05) is 0 Å². The number of allylic oxidation sites excluding steroid dienone is 7. The Morgan fingerprint density at radius 3 is 2.28 bits per heavy atom. The topological polar surface area (TPSA) is 9.23 Å². The summed E-state index contributed by atoms with van der Waals surface area (Å²) in [5, 5.41) is 0.250. The molecular weight excluding hydrogens is 463 g/mol. The average molecular weight is 493 g/mol. The Hall–Kier alpha value is 0.657. The Morgan fingerprint density at radius 1 is 1.08 bits per heavy atom. The van der Waals surface area contributed by atoms with Crippen molar-refractivity contribution in [1.29, 1.82) is 0 Å². The predicted molar refractivity (Wildman–Crippen MR) is 101 cm³/mol. The van der Waals surface area contributed by atoms with Crippen LogP contribution in [-0.2, 0) is 27.7 Å². The maximum atomic E-state index is 6.60. The van der Waals surface area contributed by atoms with Crippen molar-refractivity contribution < 1.29 is 52.5 Å². The summed E-state index contributed by atoms with van der Waals surface area (Å²) in [6.45, 7) is 17.1. The first-order valence-electron chi connectivity index (χ1n) is 8.90. The zero-order valence-corrected chi connectivity index (χ0v) is 22.5. The van der Waals surface area contributed by atoms with Gasteiger partial charge in [-0.25, -0.2) is 0 Å². The predicted octanol–water partition coefficient (Wildman–Crippen LogP) is 0.186. The molecule has 6 heteroatoms. The van der Waals surface area contributed by atoms with Gasteiger partial charge in [0.2, 0.25) is 0 Å². The molecule has 0 amide bonds. The van der Waals surface area contributed by atoms with Crippen LogP contribution >= 0.6 is 0 Å². The third-order valence-corrected chi connectivity index (χ3v) is 15.6. The van der Waals surface area contributed by atoms with Gasteiger partial charge in [0.25, 0.3) is 0 Å². The van der Waals surface area contributed by atoms with Gasteiger partial charge in [-0.3, -0.25) is 0 Å². The van der Waals surface area contributed by atoms with Crippen molar-refractivity contribution >= 4 is 16.4 Å². The molecule has 0 saturated heterocycles. The summed E-state index contributed by atoms with van der Waals surface area (Å²) < 4.78 is 10.3. The van der Waals surface area contributed by atoms with Crippen LogP contribution in [0.15, 0.2) is 41.7 Å². The first-order chi connectivity index (χ1) is 10.6. The maximum absolute atomic E-state index is 6.60. The number of hydrogen-bond donors (Lipinski definition) is 0. The zero-order chi connectivity index (χ0) is 17.0. The summed E-state index contributed by atoms with van der Waals surface area (Å²) in [5.74, 6) is 1.28. The Kier molecular flexibility index (Phi) is 7.54. The fraction of sp³-hybridized carbons (Fsp3) is 0.579. The van der Waals surface area contributed by atoms with E-state index < -0.39 is 39.6 Å². The molecule has 0 radical (unpaired) electrons. The summed E-state index contributed by atoms with van der Waals surface area (Å²) in [7, 11) is -3.00. The van der Waals surface area contributed by atoms with Gasteiger partial charge in [0.1, 0.15) is 0 Å². The van der Waals surface area contributed by atoms with Crippen LogP contribution in [0.1, 0.15) is 26.7 Å². The average Bonchev–Trinajstić information content (AvgIpc) is 3.05. The molecule has 3 rings (SSSR count). The molecule has 0 aromatic heterocycles. The van der Waals surface area contributed by atoms with E-state index in [4.69, 9.17) is 4.43 Å². The summed E-state index contributed by atoms with van der Waals surface area (Å²) >= 11 is -0.570. The van der Waals surface area contributed by atoms with E-state index >= 15 is 0 Å². The van der Waals surface area contributed by atoms with Crippen molar-refractivity contribution in [3.05, 3.63) is 41.7 Å². The Bertz CT molecular complexity index is 671. The van der Waals surface area contributed by atoms with Crippen molar-refractivity contribution in [3.63, 3.8) is 0 Å². The Morgan fingerprint density at radius 2 is 1.72 bits per heavy atom. The standard InChI is InChI=1S/C19H30OSi2.2ClH.Zr/c1-8-22(6,7)19(2,16-12-9-10-13-16)17-14-11-15-18(17)20-21(3,4)5;;;/h9,12,15H,8,10-11H2,1-7H3;2*1H;/q;;;+2/p-2. The van der Waals surface area contributed by atoms with Crippen LogP contribution in [0, 0.1) is 0 Å². The number of hydrogen-bond acceptors (Lipinski definition) is 1. The summed E-state index contributed by atoms with van der Waals surface area (Å²) in [4.78, 5) is 0. The Balaban J connectivity index is 0.00000156. The minimum Gasteiger partial charge on any atom is -1.00 e. The van der Waals surface area contributed by atoms with Gasteiger partial charge in [0.05, 0.1) is 0 Å². The van der Waals surface area contributed by atoms with Gasteiger partial charge in [-0.2, -0.15) is 0 Å². The smallest absolute Gasteiger partial charge is 1.00 e. The van der Waals surface area contributed by atoms with E-state index in [1.165, 1.54) is 24.6 Å². The minimum atomic E-state index is -1.57. The first-order valence-corrected chi connectivity index (χ1v) is 18.0. The van der Waals surface area contributed by atoms with Gasteiger partial charge >= 0.3 is 156 Å². The molecule has 1 nitrogen and oxygen atoms in total. The zero-order valence-electron chi connectivity index (χ0n) is 16.5. The molecule has 2 aliphatic carbocycles. The van der Waals surface area contributed by atoms with Crippen molar-refractivity contribution in [2.75, 3.05) is 0 Å². The number of rotatable bonds is 4. The second-order valence-corrected chi connectivity index (χ2v) is 22.3. The van der Waals surface area contributed by atoms with Gasteiger partial charge in [0.15, 0.2) is 0 Å². The van der Waals surface area contributed by atoms with Crippen LogP contribution in [0.2, 0.25) is 43.8 Å². The second-order valence-electron chi connectivity index (χ2n) is 8.83. The van der Waals surface area contributed by atoms with Gasteiger partial charge in [-0.1, -0.05) is 0 Å². The largest absolute Gasteiger partial charge is 1.00 e. The van der Waals surface area contributed by atoms with E-state index in [2.05, 4.69) is 64.8 Å². The summed E-state index contributed by atoms with van der Waals surface area (Å²) in [5.41, 5.74) is 3.38. The Labute approximate surface area is 180 Å². The van der Waals surface area contributed by atoms with E-state index in [0.717, 1.165) is 0 Å². The summed E-state index contributed by atoms with van der Waals surface area (Å²) in [6, 6.07) is 1.33. The van der Waals surface area contributed by atoms with E-state index in [0.29, 0.717) is 0 Å². The fourth-order valence-electron chi connectivity index (χ4n) is 4.10. The van der Waals surface area contributed by atoms with Crippen LogP contribution in [0.3, 0.4) is 0 Å². The van der Waals surface area contributed by atoms with Crippen LogP contribution in [0.25, 0.3) is 0 Å². The number of halogens is 2. The van der Waals surface area contributed by atoms with Crippen molar-refractivity contribution in [2.45, 2.75) is 70.5 Å². The minimum absolute atomic E-state index is 0. The van der Waals surface area contributed by atoms with E-state index in [9.17, 15) is 0 Å². The van der Waals surface area contributed by atoms with Gasteiger partial charge in [-0.15, -0.1) is 0 Å². The van der Waals surface area contributed by atoms with E-state index in [1.807, 2.05) is 6.56 Å². The second kappa shape index (κ2) is 7.95. The van der Waals surface area contributed by atoms with Crippen LogP contribution in [-0.4, -0.2) is 16.4 Å². The molecule has 0 N–H and O–H groups in total. The molecule has 138 valence electrons.